The van der Waals surface area contributed by atoms with Gasteiger partial charge >= 0.3 is 5.97 Å². The number of aliphatic carboxylic acids is 1. The van der Waals surface area contributed by atoms with Crippen LogP contribution in [-0.2, 0) is 9.59 Å². The Morgan fingerprint density at radius 1 is 1.47 bits per heavy atom. The summed E-state index contributed by atoms with van der Waals surface area (Å²) in [6.45, 7) is 3.88. The van der Waals surface area contributed by atoms with Crippen LogP contribution >= 0.6 is 0 Å². The topological polar surface area (TPSA) is 98.7 Å². The molecule has 1 aliphatic carbocycles. The Morgan fingerprint density at radius 3 is 2.68 bits per heavy atom. The highest BCUT2D eigenvalue weighted by Crippen LogP contribution is 2.31. The van der Waals surface area contributed by atoms with Gasteiger partial charge in [0.1, 0.15) is 6.04 Å². The van der Waals surface area contributed by atoms with Crippen molar-refractivity contribution in [3.05, 3.63) is 0 Å². The number of carboxylic acid groups (broad SMARTS) is 1. The molecular formula is C13H24N2O4. The number of hydrogen-bond acceptors (Lipinski definition) is 4. The summed E-state index contributed by atoms with van der Waals surface area (Å²) in [4.78, 5) is 21.8. The van der Waals surface area contributed by atoms with Crippen molar-refractivity contribution in [1.29, 1.82) is 0 Å². The molecule has 1 aliphatic rings. The third-order valence-electron chi connectivity index (χ3n) is 3.55. The van der Waals surface area contributed by atoms with Gasteiger partial charge in [-0.05, 0) is 18.8 Å². The highest BCUT2D eigenvalue weighted by molar-refractivity contribution is 5.82. The summed E-state index contributed by atoms with van der Waals surface area (Å²) in [6, 6.07) is -0.956. The number of carboxylic acids is 1. The van der Waals surface area contributed by atoms with E-state index in [1.165, 1.54) is 6.92 Å². The molecule has 3 unspecified atom stereocenters. The zero-order valence-corrected chi connectivity index (χ0v) is 11.6. The molecule has 110 valence electrons. The Labute approximate surface area is 113 Å². The van der Waals surface area contributed by atoms with Gasteiger partial charge in [0, 0.05) is 20.0 Å². The molecule has 1 fully saturated rings. The van der Waals surface area contributed by atoms with Crippen LogP contribution < -0.4 is 10.6 Å². The lowest BCUT2D eigenvalue weighted by Gasteiger charge is -2.36. The van der Waals surface area contributed by atoms with E-state index in [0.29, 0.717) is 12.5 Å². The molecule has 1 rings (SSSR count). The van der Waals surface area contributed by atoms with Crippen molar-refractivity contribution >= 4 is 11.9 Å². The number of hydrogen-bond donors (Lipinski definition) is 4. The van der Waals surface area contributed by atoms with Crippen molar-refractivity contribution < 1.29 is 19.8 Å². The molecule has 0 heterocycles. The van der Waals surface area contributed by atoms with Gasteiger partial charge in [-0.25, -0.2) is 4.79 Å². The zero-order valence-electron chi connectivity index (χ0n) is 11.6. The smallest absolute Gasteiger partial charge is 0.327 e. The van der Waals surface area contributed by atoms with Crippen LogP contribution in [0.4, 0.5) is 0 Å². The van der Waals surface area contributed by atoms with Crippen molar-refractivity contribution in [3.8, 4) is 0 Å². The van der Waals surface area contributed by atoms with E-state index in [0.717, 1.165) is 25.7 Å². The van der Waals surface area contributed by atoms with Crippen LogP contribution in [0, 0.1) is 5.92 Å². The number of nitrogens with one attached hydrogen (secondary N) is 2. The van der Waals surface area contributed by atoms with Crippen LogP contribution in [-0.4, -0.2) is 46.8 Å². The van der Waals surface area contributed by atoms with Gasteiger partial charge in [0.15, 0.2) is 0 Å². The molecule has 19 heavy (non-hydrogen) atoms. The first kappa shape index (κ1) is 15.9. The van der Waals surface area contributed by atoms with Crippen molar-refractivity contribution in [2.75, 3.05) is 13.1 Å². The van der Waals surface area contributed by atoms with Crippen LogP contribution in [0.2, 0.25) is 0 Å². The van der Waals surface area contributed by atoms with Gasteiger partial charge in [-0.1, -0.05) is 19.8 Å². The average molecular weight is 272 g/mol. The molecule has 0 radical (unpaired) electrons. The molecule has 0 aromatic heterocycles. The molecule has 0 aromatic rings. The molecule has 1 saturated carbocycles. The molecule has 0 aromatic carbocycles. The fourth-order valence-electron chi connectivity index (χ4n) is 2.69. The summed E-state index contributed by atoms with van der Waals surface area (Å²) in [5.74, 6) is -0.961. The standard InChI is InChI=1S/C13H24N2O4/c1-9-4-3-5-13(19,6-9)8-14-7-11(12(17)18)15-10(2)16/h9,11,14,19H,3-8H2,1-2H3,(H,15,16)(H,17,18). The van der Waals surface area contributed by atoms with Gasteiger partial charge in [0.2, 0.25) is 5.91 Å². The summed E-state index contributed by atoms with van der Waals surface area (Å²) in [6.07, 6.45) is 3.60. The van der Waals surface area contributed by atoms with Crippen molar-refractivity contribution in [2.24, 2.45) is 5.92 Å². The minimum atomic E-state index is -1.08. The number of aliphatic hydroxyl groups is 1. The summed E-state index contributed by atoms with van der Waals surface area (Å²) in [7, 11) is 0. The summed E-state index contributed by atoms with van der Waals surface area (Å²) >= 11 is 0. The lowest BCUT2D eigenvalue weighted by atomic mass is 9.79. The number of rotatable bonds is 6. The molecular weight excluding hydrogens is 248 g/mol. The number of carbonyl (C=O) groups excluding carboxylic acids is 1. The highest BCUT2D eigenvalue weighted by Gasteiger charge is 2.32. The van der Waals surface area contributed by atoms with Crippen LogP contribution in [0.15, 0.2) is 0 Å². The fourth-order valence-corrected chi connectivity index (χ4v) is 2.69. The molecule has 0 aliphatic heterocycles. The Kier molecular flexibility index (Phi) is 5.75. The summed E-state index contributed by atoms with van der Waals surface area (Å²) < 4.78 is 0. The zero-order chi connectivity index (χ0) is 14.5. The Bertz CT molecular complexity index is 335. The fraction of sp³-hybridized carbons (Fsp3) is 0.846. The Hall–Kier alpha value is -1.14. The van der Waals surface area contributed by atoms with Gasteiger partial charge in [0.25, 0.3) is 0 Å². The lowest BCUT2D eigenvalue weighted by Crippen LogP contribution is -2.51. The predicted molar refractivity (Wildman–Crippen MR) is 70.7 cm³/mol. The second-order valence-electron chi connectivity index (χ2n) is 5.65. The first-order valence-corrected chi connectivity index (χ1v) is 6.75. The lowest BCUT2D eigenvalue weighted by molar-refractivity contribution is -0.141. The second kappa shape index (κ2) is 6.86. The summed E-state index contributed by atoms with van der Waals surface area (Å²) in [5.41, 5.74) is -0.753. The quantitative estimate of drug-likeness (QED) is 0.550. The van der Waals surface area contributed by atoms with E-state index < -0.39 is 17.6 Å². The highest BCUT2D eigenvalue weighted by atomic mass is 16.4. The van der Waals surface area contributed by atoms with Crippen LogP contribution in [0.5, 0.6) is 0 Å². The molecule has 4 N–H and O–H groups in total. The average Bonchev–Trinajstić information content (AvgIpc) is 2.26. The molecule has 0 spiro atoms. The summed E-state index contributed by atoms with van der Waals surface area (Å²) in [5, 5.41) is 24.6. The molecule has 3 atom stereocenters. The maximum Gasteiger partial charge on any atom is 0.327 e. The molecule has 0 saturated heterocycles. The Morgan fingerprint density at radius 2 is 2.16 bits per heavy atom. The first-order chi connectivity index (χ1) is 8.82. The largest absolute Gasteiger partial charge is 0.480 e. The molecule has 0 bridgehead atoms. The predicted octanol–water partition coefficient (Wildman–Crippen LogP) is 0.106. The Balaban J connectivity index is 2.38. The SMILES string of the molecule is CC(=O)NC(CNCC1(O)CCCC(C)C1)C(=O)O. The third kappa shape index (κ3) is 5.57. The minimum Gasteiger partial charge on any atom is -0.480 e. The molecule has 6 heteroatoms. The van der Waals surface area contributed by atoms with Crippen LogP contribution in [0.3, 0.4) is 0 Å². The van der Waals surface area contributed by atoms with Crippen LogP contribution in [0.1, 0.15) is 39.5 Å². The normalized spacial score (nSPS) is 28.7. The van der Waals surface area contributed by atoms with Crippen molar-refractivity contribution in [2.45, 2.75) is 51.2 Å². The van der Waals surface area contributed by atoms with E-state index in [2.05, 4.69) is 17.6 Å². The molecule has 6 nitrogen and oxygen atoms in total. The van der Waals surface area contributed by atoms with Crippen molar-refractivity contribution in [3.63, 3.8) is 0 Å². The second-order valence-corrected chi connectivity index (χ2v) is 5.65. The van der Waals surface area contributed by atoms with Gasteiger partial charge in [-0.2, -0.15) is 0 Å². The maximum atomic E-state index is 10.9. The number of amides is 1. The van der Waals surface area contributed by atoms with Gasteiger partial charge in [-0.3, -0.25) is 4.79 Å². The van der Waals surface area contributed by atoms with Gasteiger partial charge in [0.05, 0.1) is 5.60 Å². The van der Waals surface area contributed by atoms with E-state index in [-0.39, 0.29) is 12.5 Å². The van der Waals surface area contributed by atoms with E-state index in [1.54, 1.807) is 0 Å². The third-order valence-corrected chi connectivity index (χ3v) is 3.55. The van der Waals surface area contributed by atoms with Crippen molar-refractivity contribution in [1.82, 2.24) is 10.6 Å². The number of carbonyl (C=O) groups is 2. The monoisotopic (exact) mass is 272 g/mol. The molecule has 1 amide bonds. The minimum absolute atomic E-state index is 0.117. The van der Waals surface area contributed by atoms with E-state index in [4.69, 9.17) is 5.11 Å². The first-order valence-electron chi connectivity index (χ1n) is 6.75. The van der Waals surface area contributed by atoms with Gasteiger partial charge < -0.3 is 20.8 Å². The van der Waals surface area contributed by atoms with Crippen LogP contribution in [0.25, 0.3) is 0 Å². The van der Waals surface area contributed by atoms with Gasteiger partial charge in [-0.15, -0.1) is 0 Å². The van der Waals surface area contributed by atoms with E-state index >= 15 is 0 Å². The van der Waals surface area contributed by atoms with E-state index in [1.807, 2.05) is 0 Å². The maximum absolute atomic E-state index is 10.9. The van der Waals surface area contributed by atoms with E-state index in [9.17, 15) is 14.7 Å².